The number of benzene rings is 2. The number of hydrogen-bond donors (Lipinski definition) is 2. The Hall–Kier alpha value is -3.46. The summed E-state index contributed by atoms with van der Waals surface area (Å²) in [6.45, 7) is 2.38. The second-order valence-electron chi connectivity index (χ2n) is 5.51. The molecule has 2 aromatic carbocycles. The maximum absolute atomic E-state index is 12.9. The Bertz CT molecular complexity index is 899. The maximum atomic E-state index is 12.9. The molecule has 0 saturated carbocycles. The van der Waals surface area contributed by atoms with Gasteiger partial charge in [0.2, 0.25) is 5.95 Å². The van der Waals surface area contributed by atoms with Crippen LogP contribution in [-0.4, -0.2) is 9.97 Å². The van der Waals surface area contributed by atoms with E-state index < -0.39 is 0 Å². The largest absolute Gasteiger partial charge is 0.350 e. The van der Waals surface area contributed by atoms with Gasteiger partial charge in [-0.2, -0.15) is 10.2 Å². The smallest absolute Gasteiger partial charge is 0.225 e. The average Bonchev–Trinajstić information content (AvgIpc) is 2.61. The summed E-state index contributed by atoms with van der Waals surface area (Å²) in [5.74, 6) is 0.878. The first-order valence-electron chi connectivity index (χ1n) is 7.73. The Kier molecular flexibility index (Phi) is 4.86. The molecule has 25 heavy (non-hydrogen) atoms. The summed E-state index contributed by atoms with van der Waals surface area (Å²) in [5, 5.41) is 15.2. The highest BCUT2D eigenvalue weighted by Crippen LogP contribution is 2.17. The zero-order valence-electron chi connectivity index (χ0n) is 13.6. The van der Waals surface area contributed by atoms with Crippen molar-refractivity contribution in [3.05, 3.63) is 77.2 Å². The van der Waals surface area contributed by atoms with E-state index in [0.29, 0.717) is 23.9 Å². The maximum Gasteiger partial charge on any atom is 0.225 e. The Morgan fingerprint density at radius 1 is 1.04 bits per heavy atom. The molecule has 5 nitrogen and oxygen atoms in total. The fraction of sp³-hybridized carbons (Fsp3) is 0.105. The molecule has 0 spiro atoms. The van der Waals surface area contributed by atoms with E-state index >= 15 is 0 Å². The molecule has 124 valence electrons. The minimum atomic E-state index is -0.260. The Morgan fingerprint density at radius 3 is 2.44 bits per heavy atom. The monoisotopic (exact) mass is 333 g/mol. The molecule has 0 radical (unpaired) electrons. The molecule has 1 aromatic heterocycles. The van der Waals surface area contributed by atoms with Crippen LogP contribution in [0, 0.1) is 24.1 Å². The van der Waals surface area contributed by atoms with Gasteiger partial charge >= 0.3 is 0 Å². The number of halogens is 1. The van der Waals surface area contributed by atoms with Gasteiger partial charge in [-0.25, -0.2) is 9.37 Å². The lowest BCUT2D eigenvalue weighted by Gasteiger charge is -2.10. The number of rotatable bonds is 5. The molecule has 0 aliphatic heterocycles. The van der Waals surface area contributed by atoms with Crippen molar-refractivity contribution in [2.45, 2.75) is 13.5 Å². The van der Waals surface area contributed by atoms with Crippen molar-refractivity contribution in [2.75, 3.05) is 10.6 Å². The predicted molar refractivity (Wildman–Crippen MR) is 94.9 cm³/mol. The van der Waals surface area contributed by atoms with Crippen molar-refractivity contribution >= 4 is 17.5 Å². The van der Waals surface area contributed by atoms with Gasteiger partial charge in [0.05, 0.1) is 11.6 Å². The molecule has 1 heterocycles. The summed E-state index contributed by atoms with van der Waals surface area (Å²) in [4.78, 5) is 8.79. The van der Waals surface area contributed by atoms with Gasteiger partial charge in [-0.1, -0.05) is 12.1 Å². The van der Waals surface area contributed by atoms with Gasteiger partial charge in [0.25, 0.3) is 0 Å². The summed E-state index contributed by atoms with van der Waals surface area (Å²) >= 11 is 0. The average molecular weight is 333 g/mol. The summed E-state index contributed by atoms with van der Waals surface area (Å²) in [5.41, 5.74) is 3.19. The van der Waals surface area contributed by atoms with Crippen molar-refractivity contribution in [2.24, 2.45) is 0 Å². The van der Waals surface area contributed by atoms with Gasteiger partial charge in [-0.3, -0.25) is 0 Å². The zero-order valence-corrected chi connectivity index (χ0v) is 13.6. The zero-order chi connectivity index (χ0) is 17.6. The lowest BCUT2D eigenvalue weighted by atomic mass is 10.2. The Balaban J connectivity index is 1.71. The summed E-state index contributed by atoms with van der Waals surface area (Å²) in [6, 6.07) is 17.3. The van der Waals surface area contributed by atoms with Gasteiger partial charge < -0.3 is 10.6 Å². The molecule has 3 rings (SSSR count). The van der Waals surface area contributed by atoms with E-state index in [2.05, 4.69) is 26.7 Å². The highest BCUT2D eigenvalue weighted by atomic mass is 19.1. The highest BCUT2D eigenvalue weighted by Gasteiger charge is 2.04. The van der Waals surface area contributed by atoms with Crippen LogP contribution in [0.5, 0.6) is 0 Å². The number of aromatic nitrogens is 2. The first-order chi connectivity index (χ1) is 12.1. The SMILES string of the molecule is Cc1cc(Nc2ccc(C#N)cc2)nc(NCc2ccc(F)cc2)n1. The predicted octanol–water partition coefficient (Wildman–Crippen LogP) is 4.15. The van der Waals surface area contributed by atoms with E-state index in [1.54, 1.807) is 24.3 Å². The third-order valence-electron chi connectivity index (χ3n) is 3.50. The molecule has 0 amide bonds. The van der Waals surface area contributed by atoms with Crippen LogP contribution in [0.1, 0.15) is 16.8 Å². The third-order valence-corrected chi connectivity index (χ3v) is 3.50. The lowest BCUT2D eigenvalue weighted by molar-refractivity contribution is 0.627. The van der Waals surface area contributed by atoms with Crippen LogP contribution in [0.3, 0.4) is 0 Å². The minimum Gasteiger partial charge on any atom is -0.350 e. The summed E-state index contributed by atoms with van der Waals surface area (Å²) < 4.78 is 12.9. The fourth-order valence-electron chi connectivity index (χ4n) is 2.27. The van der Waals surface area contributed by atoms with Crippen LogP contribution >= 0.6 is 0 Å². The second-order valence-corrected chi connectivity index (χ2v) is 5.51. The topological polar surface area (TPSA) is 73.6 Å². The minimum absolute atomic E-state index is 0.260. The van der Waals surface area contributed by atoms with E-state index in [1.807, 2.05) is 25.1 Å². The van der Waals surface area contributed by atoms with E-state index in [1.165, 1.54) is 12.1 Å². The van der Waals surface area contributed by atoms with Crippen molar-refractivity contribution < 1.29 is 4.39 Å². The number of nitriles is 1. The molecule has 0 bridgehead atoms. The molecule has 0 atom stereocenters. The molecule has 0 aliphatic carbocycles. The van der Waals surface area contributed by atoms with Crippen LogP contribution in [0.4, 0.5) is 21.8 Å². The van der Waals surface area contributed by atoms with Crippen LogP contribution in [0.15, 0.2) is 54.6 Å². The van der Waals surface area contributed by atoms with E-state index in [9.17, 15) is 4.39 Å². The third kappa shape index (κ3) is 4.52. The summed E-state index contributed by atoms with van der Waals surface area (Å²) in [7, 11) is 0. The number of hydrogen-bond acceptors (Lipinski definition) is 5. The quantitative estimate of drug-likeness (QED) is 0.734. The lowest BCUT2D eigenvalue weighted by Crippen LogP contribution is -2.06. The first-order valence-corrected chi connectivity index (χ1v) is 7.73. The van der Waals surface area contributed by atoms with Gasteiger partial charge in [0.15, 0.2) is 0 Å². The van der Waals surface area contributed by atoms with Crippen LogP contribution in [0.25, 0.3) is 0 Å². The van der Waals surface area contributed by atoms with Crippen molar-refractivity contribution in [3.63, 3.8) is 0 Å². The normalized spacial score (nSPS) is 10.1. The molecule has 0 saturated heterocycles. The first kappa shape index (κ1) is 16.4. The van der Waals surface area contributed by atoms with Crippen LogP contribution in [-0.2, 0) is 6.54 Å². The van der Waals surface area contributed by atoms with Crippen LogP contribution < -0.4 is 10.6 Å². The van der Waals surface area contributed by atoms with Gasteiger partial charge in [0.1, 0.15) is 11.6 Å². The number of nitrogens with zero attached hydrogens (tertiary/aromatic N) is 3. The molecule has 6 heteroatoms. The fourth-order valence-corrected chi connectivity index (χ4v) is 2.27. The molecular weight excluding hydrogens is 317 g/mol. The molecule has 3 aromatic rings. The number of nitrogens with one attached hydrogen (secondary N) is 2. The van der Waals surface area contributed by atoms with E-state index in [0.717, 1.165) is 16.9 Å². The Labute approximate surface area is 145 Å². The van der Waals surface area contributed by atoms with E-state index in [4.69, 9.17) is 5.26 Å². The summed E-state index contributed by atoms with van der Waals surface area (Å²) in [6.07, 6.45) is 0. The van der Waals surface area contributed by atoms with Crippen molar-refractivity contribution in [3.8, 4) is 6.07 Å². The van der Waals surface area contributed by atoms with Crippen molar-refractivity contribution in [1.29, 1.82) is 5.26 Å². The number of anilines is 3. The van der Waals surface area contributed by atoms with Crippen molar-refractivity contribution in [1.82, 2.24) is 9.97 Å². The van der Waals surface area contributed by atoms with Gasteiger partial charge in [-0.05, 0) is 48.9 Å². The Morgan fingerprint density at radius 2 is 1.76 bits per heavy atom. The highest BCUT2D eigenvalue weighted by molar-refractivity contribution is 5.58. The molecular formula is C19H16FN5. The molecule has 0 fully saturated rings. The van der Waals surface area contributed by atoms with Gasteiger partial charge in [0, 0.05) is 24.0 Å². The molecule has 2 N–H and O–H groups in total. The molecule has 0 unspecified atom stereocenters. The standard InChI is InChI=1S/C19H16FN5/c1-13-10-18(24-17-8-4-14(11-21)5-9-17)25-19(23-13)22-12-15-2-6-16(20)7-3-15/h2-10H,12H2,1H3,(H2,22,23,24,25). The van der Waals surface area contributed by atoms with E-state index in [-0.39, 0.29) is 5.82 Å². The van der Waals surface area contributed by atoms with Gasteiger partial charge in [-0.15, -0.1) is 0 Å². The molecule has 0 aliphatic rings. The number of aryl methyl sites for hydroxylation is 1. The van der Waals surface area contributed by atoms with Crippen LogP contribution in [0.2, 0.25) is 0 Å². The second kappa shape index (κ2) is 7.41.